The minimum atomic E-state index is -6.00. The summed E-state index contributed by atoms with van der Waals surface area (Å²) in [5, 5.41) is 0. The van der Waals surface area contributed by atoms with Crippen molar-refractivity contribution >= 4 is 13.2 Å². The molecule has 0 heterocycles. The lowest BCUT2D eigenvalue weighted by molar-refractivity contribution is -0.558. The van der Waals surface area contributed by atoms with Crippen LogP contribution in [-0.2, 0) is 9.53 Å². The number of unbranched alkanes of at least 4 members (excludes halogenated alkanes) is 5. The molecule has 1 aromatic rings. The van der Waals surface area contributed by atoms with Crippen LogP contribution in [0, 0.1) is 10.5 Å². The lowest BCUT2D eigenvalue weighted by Crippen LogP contribution is -3.59. The molecular weight excluding hydrogens is 529 g/mol. The van der Waals surface area contributed by atoms with E-state index in [0.717, 1.165) is 38.5 Å². The average molecular weight is 562 g/mol. The predicted octanol–water partition coefficient (Wildman–Crippen LogP) is 4.83. The van der Waals surface area contributed by atoms with Crippen molar-refractivity contribution in [3.8, 4) is 0 Å². The molecule has 9 heteroatoms. The van der Waals surface area contributed by atoms with Gasteiger partial charge in [0.15, 0.2) is 7.65 Å². The largest absolute Gasteiger partial charge is 0.673 e. The van der Waals surface area contributed by atoms with Gasteiger partial charge < -0.3 is 22.0 Å². The Bertz CT molecular complexity index is 649. The van der Waals surface area contributed by atoms with Crippen LogP contribution >= 0.6 is 0 Å². The van der Waals surface area contributed by atoms with Crippen LogP contribution in [0.15, 0.2) is 34.2 Å². The van der Waals surface area contributed by atoms with Crippen molar-refractivity contribution < 1.29 is 52.4 Å². The molecule has 0 bridgehead atoms. The third-order valence-electron chi connectivity index (χ3n) is 3.78. The monoisotopic (exact) mass is 562 g/mol. The number of allylic oxidation sites excluding steroid dienone is 1. The molecule has 1 aromatic carbocycles. The summed E-state index contributed by atoms with van der Waals surface area (Å²) in [7, 11) is -6.00. The van der Waals surface area contributed by atoms with E-state index in [9.17, 15) is 26.4 Å². The molecule has 0 aliphatic carbocycles. The van der Waals surface area contributed by atoms with Crippen molar-refractivity contribution in [1.29, 1.82) is 0 Å². The van der Waals surface area contributed by atoms with Crippen molar-refractivity contribution in [3.63, 3.8) is 0 Å². The van der Waals surface area contributed by atoms with Crippen LogP contribution in [0.3, 0.4) is 0 Å². The van der Waals surface area contributed by atoms with Crippen LogP contribution in [0.25, 0.3) is 0 Å². The van der Waals surface area contributed by atoms with E-state index in [-0.39, 0.29) is 33.0 Å². The molecule has 0 radical (unpaired) electrons. The zero-order valence-corrected chi connectivity index (χ0v) is 20.9. The molecule has 0 saturated carbocycles. The standard InChI is InChI=1S/C22H33FIO2.BF4/c1-18-13-15-20(16-14-18)24-17-19(23)11-9-7-5-6-8-10-12-21(25)26-22(2,3)4;2-1(3,4)5/h13-17H,5-12H2,1-4H3;/q+1;-1/b19-17+;. The molecule has 0 saturated heterocycles. The lowest BCUT2D eigenvalue weighted by atomic mass is 10.1. The predicted molar refractivity (Wildman–Crippen MR) is 112 cm³/mol. The molecule has 0 aliphatic rings. The van der Waals surface area contributed by atoms with E-state index in [0.29, 0.717) is 12.8 Å². The fraction of sp³-hybridized carbons (Fsp3) is 0.591. The first-order chi connectivity index (χ1) is 14.3. The number of hydrogen-bond donors (Lipinski definition) is 0. The van der Waals surface area contributed by atoms with Gasteiger partial charge in [-0.2, -0.15) is 0 Å². The zero-order valence-electron chi connectivity index (χ0n) is 18.7. The fourth-order valence-electron chi connectivity index (χ4n) is 2.45. The third-order valence-corrected chi connectivity index (χ3v) is 6.20. The van der Waals surface area contributed by atoms with Crippen LogP contribution in [-0.4, -0.2) is 18.8 Å². The molecule has 0 N–H and O–H groups in total. The van der Waals surface area contributed by atoms with Crippen molar-refractivity contribution in [1.82, 2.24) is 0 Å². The Kier molecular flexibility index (Phi) is 15.1. The minimum absolute atomic E-state index is 0.0447. The highest BCUT2D eigenvalue weighted by Crippen LogP contribution is 2.14. The van der Waals surface area contributed by atoms with Crippen LogP contribution in [0.5, 0.6) is 0 Å². The van der Waals surface area contributed by atoms with Gasteiger partial charge in [-0.25, -0.2) is 4.39 Å². The van der Waals surface area contributed by atoms with Crippen molar-refractivity contribution in [2.75, 3.05) is 0 Å². The summed E-state index contributed by atoms with van der Waals surface area (Å²) in [6.45, 7) is 7.74. The summed E-state index contributed by atoms with van der Waals surface area (Å²) < 4.78 is 61.2. The van der Waals surface area contributed by atoms with Gasteiger partial charge in [-0.05, 0) is 52.7 Å². The van der Waals surface area contributed by atoms with E-state index in [2.05, 4.69) is 31.2 Å². The van der Waals surface area contributed by atoms with Gasteiger partial charge in [0.2, 0.25) is 0 Å². The molecule has 0 unspecified atom stereocenters. The molecule has 0 aromatic heterocycles. The third kappa shape index (κ3) is 23.4. The average Bonchev–Trinajstić information content (AvgIpc) is 2.60. The number of rotatable bonds is 11. The lowest BCUT2D eigenvalue weighted by Gasteiger charge is -2.19. The number of benzene rings is 1. The van der Waals surface area contributed by atoms with Gasteiger partial charge in [0.1, 0.15) is 11.4 Å². The van der Waals surface area contributed by atoms with Gasteiger partial charge in [0.05, 0.1) is 0 Å². The summed E-state index contributed by atoms with van der Waals surface area (Å²) in [5.74, 6) is -0.0649. The Morgan fingerprint density at radius 2 is 1.39 bits per heavy atom. The Hall–Kier alpha value is -1.13. The van der Waals surface area contributed by atoms with Gasteiger partial charge in [0.25, 0.3) is 0 Å². The molecular formula is C22H33BF5IO2. The van der Waals surface area contributed by atoms with Crippen molar-refractivity contribution in [3.05, 3.63) is 43.3 Å². The van der Waals surface area contributed by atoms with Gasteiger partial charge in [-0.3, -0.25) is 4.79 Å². The summed E-state index contributed by atoms with van der Waals surface area (Å²) in [5.41, 5.74) is 0.851. The first kappa shape index (κ1) is 29.9. The quantitative estimate of drug-likeness (QED) is 0.127. The fourth-order valence-corrected chi connectivity index (χ4v) is 4.23. The zero-order chi connectivity index (χ0) is 23.9. The van der Waals surface area contributed by atoms with Gasteiger partial charge in [0, 0.05) is 12.8 Å². The number of esters is 1. The van der Waals surface area contributed by atoms with Crippen molar-refractivity contribution in [2.24, 2.45) is 0 Å². The summed E-state index contributed by atoms with van der Waals surface area (Å²) in [6.07, 6.45) is 7.14. The van der Waals surface area contributed by atoms with Crippen molar-refractivity contribution in [2.45, 2.75) is 84.7 Å². The van der Waals surface area contributed by atoms with E-state index >= 15 is 0 Å². The second-order valence-corrected chi connectivity index (χ2v) is 10.7. The number of ether oxygens (including phenoxy) is 1. The van der Waals surface area contributed by atoms with Gasteiger partial charge in [-0.1, -0.05) is 43.4 Å². The van der Waals surface area contributed by atoms with E-state index in [1.165, 1.54) is 9.13 Å². The first-order valence-electron chi connectivity index (χ1n) is 10.4. The summed E-state index contributed by atoms with van der Waals surface area (Å²) >= 11 is -0.359. The van der Waals surface area contributed by atoms with Crippen LogP contribution in [0.2, 0.25) is 0 Å². The topological polar surface area (TPSA) is 26.3 Å². The summed E-state index contributed by atoms with van der Waals surface area (Å²) in [4.78, 5) is 11.6. The van der Waals surface area contributed by atoms with Gasteiger partial charge >= 0.3 is 34.4 Å². The Morgan fingerprint density at radius 3 is 1.87 bits per heavy atom. The van der Waals surface area contributed by atoms with E-state index in [1.54, 1.807) is 0 Å². The highest BCUT2D eigenvalue weighted by atomic mass is 127. The molecule has 0 amide bonds. The Labute approximate surface area is 193 Å². The molecule has 178 valence electrons. The maximum Gasteiger partial charge on any atom is 0.673 e. The number of carbonyl (C=O) groups is 1. The second kappa shape index (κ2) is 15.6. The van der Waals surface area contributed by atoms with Gasteiger partial charge in [-0.15, -0.1) is 0 Å². The molecule has 2 nitrogen and oxygen atoms in total. The number of halogens is 6. The molecule has 0 aliphatic heterocycles. The molecule has 0 fully saturated rings. The minimum Gasteiger partial charge on any atom is -0.460 e. The van der Waals surface area contributed by atoms with Crippen LogP contribution in [0.1, 0.15) is 77.7 Å². The number of aryl methyl sites for hydroxylation is 1. The van der Waals surface area contributed by atoms with E-state index in [4.69, 9.17) is 4.74 Å². The molecule has 0 spiro atoms. The van der Waals surface area contributed by atoms with Crippen LogP contribution in [0.4, 0.5) is 21.7 Å². The second-order valence-electron chi connectivity index (χ2n) is 8.16. The highest BCUT2D eigenvalue weighted by molar-refractivity contribution is 6.50. The SMILES string of the molecule is Cc1ccc([I+]/C=C(/F)CCCCCCCCC(=O)OC(C)(C)C)cc1.F[B-](F)(F)F. The Morgan fingerprint density at radius 1 is 0.935 bits per heavy atom. The number of hydrogen-bond acceptors (Lipinski definition) is 2. The summed E-state index contributed by atoms with van der Waals surface area (Å²) in [6, 6.07) is 8.38. The molecule has 0 atom stereocenters. The number of carbonyl (C=O) groups excluding carboxylic acids is 1. The molecule has 1 rings (SSSR count). The molecule has 31 heavy (non-hydrogen) atoms. The normalized spacial score (nSPS) is 12.2. The van der Waals surface area contributed by atoms with E-state index < -0.39 is 12.9 Å². The Balaban J connectivity index is 0.00000161. The first-order valence-corrected chi connectivity index (χ1v) is 12.7. The van der Waals surface area contributed by atoms with Crippen LogP contribution < -0.4 is 21.2 Å². The maximum absolute atomic E-state index is 13.9. The maximum atomic E-state index is 13.9. The van der Waals surface area contributed by atoms with E-state index in [1.807, 2.05) is 24.9 Å². The highest BCUT2D eigenvalue weighted by Gasteiger charge is 2.20. The smallest absolute Gasteiger partial charge is 0.460 e.